The molecule has 0 aliphatic heterocycles. The van der Waals surface area contributed by atoms with E-state index in [1.165, 1.54) is 6.42 Å². The molecule has 4 rings (SSSR count). The van der Waals surface area contributed by atoms with Gasteiger partial charge in [0.05, 0.1) is 18.8 Å². The van der Waals surface area contributed by atoms with Crippen molar-refractivity contribution in [1.29, 1.82) is 0 Å². The Morgan fingerprint density at radius 1 is 1.14 bits per heavy atom. The van der Waals surface area contributed by atoms with Crippen molar-refractivity contribution in [3.8, 4) is 5.75 Å². The van der Waals surface area contributed by atoms with Crippen LogP contribution in [0.5, 0.6) is 5.75 Å². The number of nitrogens with two attached hydrogens (primary N) is 1. The van der Waals surface area contributed by atoms with Crippen molar-refractivity contribution in [2.75, 3.05) is 7.11 Å². The fraction of sp³-hybridized carbons (Fsp3) is 0.478. The average Bonchev–Trinajstić information content (AvgIpc) is 2.72. The lowest BCUT2D eigenvalue weighted by atomic mass is 9.65. The van der Waals surface area contributed by atoms with E-state index in [0.29, 0.717) is 11.8 Å². The molecule has 0 saturated heterocycles. The number of halogens is 1. The third-order valence-electron chi connectivity index (χ3n) is 6.50. The number of ether oxygens (including phenoxy) is 1. The number of nitrogens with one attached hydrogen (secondary N) is 1. The predicted octanol–water partition coefficient (Wildman–Crippen LogP) is 3.87. The maximum Gasteiger partial charge on any atom is 0.223 e. The minimum Gasteiger partial charge on any atom is -0.496 e. The number of hydrogen-bond donors (Lipinski definition) is 2. The molecule has 0 spiro atoms. The maximum atomic E-state index is 13.3. The molecular weight excluding hydrogens is 386 g/mol. The highest BCUT2D eigenvalue weighted by atomic mass is 35.5. The van der Waals surface area contributed by atoms with Crippen LogP contribution >= 0.6 is 12.4 Å². The molecular formula is C23H30ClN3O2. The van der Waals surface area contributed by atoms with Crippen LogP contribution < -0.4 is 15.8 Å². The van der Waals surface area contributed by atoms with Crippen LogP contribution in [0.2, 0.25) is 0 Å². The van der Waals surface area contributed by atoms with E-state index in [-0.39, 0.29) is 36.3 Å². The topological polar surface area (TPSA) is 77.2 Å². The third-order valence-corrected chi connectivity index (χ3v) is 6.50. The molecule has 2 aliphatic rings. The van der Waals surface area contributed by atoms with Crippen LogP contribution in [-0.4, -0.2) is 24.0 Å². The first-order chi connectivity index (χ1) is 13.7. The van der Waals surface area contributed by atoms with Gasteiger partial charge < -0.3 is 15.8 Å². The number of methoxy groups -OCH3 is 1. The van der Waals surface area contributed by atoms with Gasteiger partial charge in [-0.2, -0.15) is 0 Å². The van der Waals surface area contributed by atoms with Gasteiger partial charge in [0.2, 0.25) is 5.91 Å². The minimum absolute atomic E-state index is 0. The smallest absolute Gasteiger partial charge is 0.223 e. The maximum absolute atomic E-state index is 13.3. The van der Waals surface area contributed by atoms with E-state index in [2.05, 4.69) is 10.3 Å². The summed E-state index contributed by atoms with van der Waals surface area (Å²) in [6.45, 7) is 0. The monoisotopic (exact) mass is 415 g/mol. The van der Waals surface area contributed by atoms with E-state index in [4.69, 9.17) is 10.5 Å². The first-order valence-electron chi connectivity index (χ1n) is 10.3. The van der Waals surface area contributed by atoms with Crippen molar-refractivity contribution in [2.24, 2.45) is 23.5 Å². The predicted molar refractivity (Wildman–Crippen MR) is 116 cm³/mol. The van der Waals surface area contributed by atoms with Crippen LogP contribution in [0.1, 0.15) is 49.4 Å². The Kier molecular flexibility index (Phi) is 7.14. The number of para-hydroxylation sites is 1. The molecule has 2 saturated carbocycles. The molecule has 5 nitrogen and oxygen atoms in total. The molecule has 1 heterocycles. The summed E-state index contributed by atoms with van der Waals surface area (Å²) in [6.07, 6.45) is 7.09. The normalized spacial score (nSPS) is 26.7. The third kappa shape index (κ3) is 4.57. The number of carbonyl (C=O) groups excluding carboxylic acids is 1. The van der Waals surface area contributed by atoms with E-state index in [0.717, 1.165) is 42.7 Å². The van der Waals surface area contributed by atoms with Crippen LogP contribution in [0.15, 0.2) is 48.7 Å². The van der Waals surface area contributed by atoms with Gasteiger partial charge in [0, 0.05) is 23.7 Å². The molecule has 2 aliphatic carbocycles. The molecule has 29 heavy (non-hydrogen) atoms. The standard InChI is InChI=1S/C23H29N3O2.ClH/c1-28-20-11-3-2-9-18(20)22(19-10-4-5-12-25-19)26-23(27)17-13-15-7-6-8-16(14-17)21(15)24;/h2-5,9-12,15-17,21-22H,6-8,13-14,24H2,1H3,(H,26,27);1H. The van der Waals surface area contributed by atoms with Gasteiger partial charge in [0.1, 0.15) is 5.75 Å². The zero-order valence-corrected chi connectivity index (χ0v) is 17.6. The second-order valence-electron chi connectivity index (χ2n) is 8.13. The summed E-state index contributed by atoms with van der Waals surface area (Å²) >= 11 is 0. The highest BCUT2D eigenvalue weighted by Gasteiger charge is 2.41. The molecule has 1 aromatic heterocycles. The second-order valence-corrected chi connectivity index (χ2v) is 8.13. The summed E-state index contributed by atoms with van der Waals surface area (Å²) in [6, 6.07) is 13.5. The number of pyridine rings is 1. The molecule has 6 heteroatoms. The van der Waals surface area contributed by atoms with Gasteiger partial charge in [-0.15, -0.1) is 12.4 Å². The van der Waals surface area contributed by atoms with Crippen LogP contribution in [0.3, 0.4) is 0 Å². The molecule has 2 fully saturated rings. The SMILES string of the molecule is COc1ccccc1C(NC(=O)C1CC2CCCC(C1)C2N)c1ccccn1.Cl. The van der Waals surface area contributed by atoms with Crippen molar-refractivity contribution >= 4 is 18.3 Å². The lowest BCUT2D eigenvalue weighted by molar-refractivity contribution is -0.128. The summed E-state index contributed by atoms with van der Waals surface area (Å²) in [4.78, 5) is 17.8. The van der Waals surface area contributed by atoms with E-state index in [1.54, 1.807) is 13.3 Å². The summed E-state index contributed by atoms with van der Waals surface area (Å²) < 4.78 is 5.55. The van der Waals surface area contributed by atoms with Crippen LogP contribution in [0.4, 0.5) is 0 Å². The molecule has 3 unspecified atom stereocenters. The van der Waals surface area contributed by atoms with Crippen molar-refractivity contribution in [1.82, 2.24) is 10.3 Å². The zero-order valence-electron chi connectivity index (χ0n) is 16.8. The summed E-state index contributed by atoms with van der Waals surface area (Å²) in [5.41, 5.74) is 8.14. The fourth-order valence-electron chi connectivity index (χ4n) is 5.03. The van der Waals surface area contributed by atoms with Gasteiger partial charge in [-0.25, -0.2) is 0 Å². The van der Waals surface area contributed by atoms with Crippen LogP contribution in [0.25, 0.3) is 0 Å². The van der Waals surface area contributed by atoms with Gasteiger partial charge in [-0.05, 0) is 55.7 Å². The Balaban J connectivity index is 0.00000240. The number of benzene rings is 1. The van der Waals surface area contributed by atoms with E-state index < -0.39 is 0 Å². The number of nitrogens with zero attached hydrogens (tertiary/aromatic N) is 1. The van der Waals surface area contributed by atoms with Gasteiger partial charge in [-0.1, -0.05) is 30.7 Å². The quantitative estimate of drug-likeness (QED) is 0.777. The van der Waals surface area contributed by atoms with E-state index in [1.807, 2.05) is 42.5 Å². The Labute approximate surface area is 178 Å². The fourth-order valence-corrected chi connectivity index (χ4v) is 5.03. The molecule has 1 aromatic carbocycles. The second kappa shape index (κ2) is 9.59. The lowest BCUT2D eigenvalue weighted by Crippen LogP contribution is -2.49. The number of rotatable bonds is 5. The number of fused-ring (bicyclic) bond motifs is 2. The minimum atomic E-state index is -0.333. The highest BCUT2D eigenvalue weighted by Crippen LogP contribution is 2.42. The molecule has 1 amide bonds. The van der Waals surface area contributed by atoms with Crippen molar-refractivity contribution in [3.63, 3.8) is 0 Å². The van der Waals surface area contributed by atoms with Crippen LogP contribution in [-0.2, 0) is 4.79 Å². The zero-order chi connectivity index (χ0) is 19.5. The Hall–Kier alpha value is -2.11. The van der Waals surface area contributed by atoms with Gasteiger partial charge in [-0.3, -0.25) is 9.78 Å². The van der Waals surface area contributed by atoms with Gasteiger partial charge in [0.25, 0.3) is 0 Å². The average molecular weight is 416 g/mol. The number of aromatic nitrogens is 1. The van der Waals surface area contributed by atoms with Crippen molar-refractivity contribution in [3.05, 3.63) is 59.9 Å². The Bertz CT molecular complexity index is 803. The largest absolute Gasteiger partial charge is 0.496 e. The lowest BCUT2D eigenvalue weighted by Gasteiger charge is -2.43. The van der Waals surface area contributed by atoms with Crippen molar-refractivity contribution in [2.45, 2.75) is 44.2 Å². The van der Waals surface area contributed by atoms with E-state index in [9.17, 15) is 4.79 Å². The summed E-state index contributed by atoms with van der Waals surface area (Å²) in [5, 5.41) is 3.28. The molecule has 3 N–H and O–H groups in total. The molecule has 3 atom stereocenters. The first-order valence-corrected chi connectivity index (χ1v) is 10.3. The Morgan fingerprint density at radius 3 is 2.48 bits per heavy atom. The molecule has 2 aromatic rings. The number of amides is 1. The number of hydrogen-bond acceptors (Lipinski definition) is 4. The van der Waals surface area contributed by atoms with Crippen LogP contribution in [0, 0.1) is 17.8 Å². The summed E-state index contributed by atoms with van der Waals surface area (Å²) in [7, 11) is 1.65. The molecule has 0 radical (unpaired) electrons. The van der Waals surface area contributed by atoms with Gasteiger partial charge in [0.15, 0.2) is 0 Å². The molecule has 156 valence electrons. The van der Waals surface area contributed by atoms with Crippen molar-refractivity contribution < 1.29 is 9.53 Å². The van der Waals surface area contributed by atoms with Gasteiger partial charge >= 0.3 is 0 Å². The number of carbonyl (C=O) groups is 1. The van der Waals surface area contributed by atoms with E-state index >= 15 is 0 Å². The Morgan fingerprint density at radius 2 is 1.83 bits per heavy atom. The first kappa shape index (κ1) is 21.6. The molecule has 2 bridgehead atoms. The highest BCUT2D eigenvalue weighted by molar-refractivity contribution is 5.85. The summed E-state index contributed by atoms with van der Waals surface area (Å²) in [5.74, 6) is 1.83.